The molecule has 0 aliphatic carbocycles. The van der Waals surface area contributed by atoms with Crippen molar-refractivity contribution in [2.75, 3.05) is 0 Å². The second-order valence-corrected chi connectivity index (χ2v) is 2.31. The number of aromatic nitrogens is 1. The van der Waals surface area contributed by atoms with Gasteiger partial charge in [0.25, 0.3) is 0 Å². The van der Waals surface area contributed by atoms with Crippen molar-refractivity contribution in [3.63, 3.8) is 0 Å². The summed E-state index contributed by atoms with van der Waals surface area (Å²) in [6.45, 7) is 3.59. The molecule has 0 aromatic carbocycles. The molecule has 2 heteroatoms. The average Bonchev–Trinajstić information content (AvgIpc) is 2.01. The van der Waals surface area contributed by atoms with Crippen LogP contribution in [-0.4, -0.2) is 4.98 Å². The molecule has 1 aromatic rings. The third kappa shape index (κ3) is 2.50. The van der Waals surface area contributed by atoms with E-state index in [2.05, 4.69) is 11.6 Å². The van der Waals surface area contributed by atoms with Gasteiger partial charge >= 0.3 is 0 Å². The molecule has 1 heterocycles. The van der Waals surface area contributed by atoms with Crippen molar-refractivity contribution >= 4 is 0 Å². The van der Waals surface area contributed by atoms with Gasteiger partial charge in [0.1, 0.15) is 0 Å². The molecule has 0 amide bonds. The minimum atomic E-state index is -0.411. The van der Waals surface area contributed by atoms with Gasteiger partial charge in [0.2, 0.25) is 5.95 Å². The Morgan fingerprint density at radius 1 is 1.64 bits per heavy atom. The summed E-state index contributed by atoms with van der Waals surface area (Å²) in [6, 6.07) is 3.26. The lowest BCUT2D eigenvalue weighted by Gasteiger charge is -1.95. The molecule has 0 saturated carbocycles. The lowest BCUT2D eigenvalue weighted by molar-refractivity contribution is 0.581. The number of rotatable bonds is 3. The van der Waals surface area contributed by atoms with Crippen molar-refractivity contribution < 1.29 is 4.39 Å². The highest BCUT2D eigenvalue weighted by molar-refractivity contribution is 5.11. The number of allylic oxidation sites excluding steroid dienone is 1. The fourth-order valence-electron chi connectivity index (χ4n) is 0.867. The SMILES string of the molecule is C=CCCc1ccnc(F)c1. The van der Waals surface area contributed by atoms with Gasteiger partial charge in [-0.1, -0.05) is 6.08 Å². The molecule has 0 saturated heterocycles. The molecule has 0 fully saturated rings. The highest BCUT2D eigenvalue weighted by Crippen LogP contribution is 2.03. The maximum absolute atomic E-state index is 12.5. The Morgan fingerprint density at radius 2 is 2.45 bits per heavy atom. The van der Waals surface area contributed by atoms with Crippen molar-refractivity contribution in [1.82, 2.24) is 4.98 Å². The summed E-state index contributed by atoms with van der Waals surface area (Å²) in [6.07, 6.45) is 5.01. The van der Waals surface area contributed by atoms with E-state index in [0.717, 1.165) is 18.4 Å². The maximum Gasteiger partial charge on any atom is 0.213 e. The Labute approximate surface area is 65.6 Å². The number of hydrogen-bond donors (Lipinski definition) is 0. The molecule has 0 aliphatic heterocycles. The lowest BCUT2D eigenvalue weighted by Crippen LogP contribution is -1.87. The number of pyridine rings is 1. The summed E-state index contributed by atoms with van der Waals surface area (Å²) in [5, 5.41) is 0. The van der Waals surface area contributed by atoms with Crippen molar-refractivity contribution in [3.05, 3.63) is 42.5 Å². The van der Waals surface area contributed by atoms with Gasteiger partial charge in [-0.2, -0.15) is 4.39 Å². The van der Waals surface area contributed by atoms with E-state index in [0.29, 0.717) is 0 Å². The predicted octanol–water partition coefficient (Wildman–Crippen LogP) is 2.34. The first-order valence-corrected chi connectivity index (χ1v) is 3.54. The normalized spacial score (nSPS) is 9.55. The number of aryl methyl sites for hydroxylation is 1. The predicted molar refractivity (Wildman–Crippen MR) is 42.7 cm³/mol. The van der Waals surface area contributed by atoms with E-state index in [1.54, 1.807) is 0 Å². The van der Waals surface area contributed by atoms with Gasteiger partial charge in [-0.25, -0.2) is 4.98 Å². The molecule has 0 radical (unpaired) electrons. The van der Waals surface area contributed by atoms with Crippen LogP contribution in [0.15, 0.2) is 31.0 Å². The van der Waals surface area contributed by atoms with Crippen LogP contribution in [0.4, 0.5) is 4.39 Å². The van der Waals surface area contributed by atoms with E-state index in [1.165, 1.54) is 12.3 Å². The molecular formula is C9H10FN. The molecule has 1 nitrogen and oxygen atoms in total. The Hall–Kier alpha value is -1.18. The van der Waals surface area contributed by atoms with Crippen LogP contribution >= 0.6 is 0 Å². The van der Waals surface area contributed by atoms with Crippen LogP contribution in [0.3, 0.4) is 0 Å². The second-order valence-electron chi connectivity index (χ2n) is 2.31. The van der Waals surface area contributed by atoms with E-state index in [1.807, 2.05) is 12.1 Å². The van der Waals surface area contributed by atoms with Crippen LogP contribution in [0.2, 0.25) is 0 Å². The molecule has 11 heavy (non-hydrogen) atoms. The second kappa shape index (κ2) is 3.86. The van der Waals surface area contributed by atoms with Crippen LogP contribution in [0.25, 0.3) is 0 Å². The first-order chi connectivity index (χ1) is 5.33. The number of halogens is 1. The number of hydrogen-bond acceptors (Lipinski definition) is 1. The van der Waals surface area contributed by atoms with Gasteiger partial charge in [0, 0.05) is 6.20 Å². The fraction of sp³-hybridized carbons (Fsp3) is 0.222. The van der Waals surface area contributed by atoms with Crippen LogP contribution in [0, 0.1) is 5.95 Å². The summed E-state index contributed by atoms with van der Waals surface area (Å²) >= 11 is 0. The molecule has 1 rings (SSSR count). The zero-order valence-corrected chi connectivity index (χ0v) is 6.26. The van der Waals surface area contributed by atoms with Crippen molar-refractivity contribution in [2.45, 2.75) is 12.8 Å². The Balaban J connectivity index is 2.63. The molecule has 0 atom stereocenters. The smallest absolute Gasteiger partial charge is 0.213 e. The highest BCUT2D eigenvalue weighted by atomic mass is 19.1. The van der Waals surface area contributed by atoms with Gasteiger partial charge in [0.15, 0.2) is 0 Å². The Bertz CT molecular complexity index is 245. The summed E-state index contributed by atoms with van der Waals surface area (Å²) in [7, 11) is 0. The van der Waals surface area contributed by atoms with E-state index in [4.69, 9.17) is 0 Å². The molecule has 0 bridgehead atoms. The quantitative estimate of drug-likeness (QED) is 0.477. The zero-order chi connectivity index (χ0) is 8.10. The molecule has 0 aliphatic rings. The molecular weight excluding hydrogens is 141 g/mol. The van der Waals surface area contributed by atoms with Crippen LogP contribution in [-0.2, 0) is 6.42 Å². The zero-order valence-electron chi connectivity index (χ0n) is 6.26. The Kier molecular flexibility index (Phi) is 2.78. The fourth-order valence-corrected chi connectivity index (χ4v) is 0.867. The van der Waals surface area contributed by atoms with Crippen molar-refractivity contribution in [3.8, 4) is 0 Å². The topological polar surface area (TPSA) is 12.9 Å². The van der Waals surface area contributed by atoms with E-state index in [9.17, 15) is 4.39 Å². The first kappa shape index (κ1) is 7.92. The van der Waals surface area contributed by atoms with E-state index >= 15 is 0 Å². The lowest BCUT2D eigenvalue weighted by atomic mass is 10.1. The van der Waals surface area contributed by atoms with Crippen LogP contribution in [0.1, 0.15) is 12.0 Å². The van der Waals surface area contributed by atoms with Gasteiger partial charge in [-0.05, 0) is 30.5 Å². The third-order valence-electron chi connectivity index (χ3n) is 1.43. The van der Waals surface area contributed by atoms with E-state index in [-0.39, 0.29) is 0 Å². The van der Waals surface area contributed by atoms with Gasteiger partial charge < -0.3 is 0 Å². The molecule has 58 valence electrons. The van der Waals surface area contributed by atoms with Crippen LogP contribution < -0.4 is 0 Å². The van der Waals surface area contributed by atoms with Crippen molar-refractivity contribution in [2.24, 2.45) is 0 Å². The van der Waals surface area contributed by atoms with E-state index < -0.39 is 5.95 Å². The Morgan fingerprint density at radius 3 is 3.09 bits per heavy atom. The third-order valence-corrected chi connectivity index (χ3v) is 1.43. The molecule has 0 spiro atoms. The summed E-state index contributed by atoms with van der Waals surface area (Å²) in [5.74, 6) is -0.411. The maximum atomic E-state index is 12.5. The van der Waals surface area contributed by atoms with Gasteiger partial charge in [0.05, 0.1) is 0 Å². The summed E-state index contributed by atoms with van der Waals surface area (Å²) in [4.78, 5) is 3.46. The summed E-state index contributed by atoms with van der Waals surface area (Å²) < 4.78 is 12.5. The molecule has 0 unspecified atom stereocenters. The summed E-state index contributed by atoms with van der Waals surface area (Å²) in [5.41, 5.74) is 0.970. The minimum absolute atomic E-state index is 0.411. The average molecular weight is 151 g/mol. The van der Waals surface area contributed by atoms with Crippen molar-refractivity contribution in [1.29, 1.82) is 0 Å². The standard InChI is InChI=1S/C9H10FN/c1-2-3-4-8-5-6-11-9(10)7-8/h2,5-7H,1,3-4H2. The highest BCUT2D eigenvalue weighted by Gasteiger charge is 1.93. The van der Waals surface area contributed by atoms with Crippen LogP contribution in [0.5, 0.6) is 0 Å². The molecule has 1 aromatic heterocycles. The monoisotopic (exact) mass is 151 g/mol. The molecule has 0 N–H and O–H groups in total. The number of nitrogens with zero attached hydrogens (tertiary/aromatic N) is 1. The largest absolute Gasteiger partial charge is 0.228 e. The van der Waals surface area contributed by atoms with Gasteiger partial charge in [-0.15, -0.1) is 6.58 Å². The van der Waals surface area contributed by atoms with Gasteiger partial charge in [-0.3, -0.25) is 0 Å². The first-order valence-electron chi connectivity index (χ1n) is 3.54. The minimum Gasteiger partial charge on any atom is -0.228 e.